The molecule has 0 aliphatic rings. The van der Waals surface area contributed by atoms with Crippen LogP contribution in [0.2, 0.25) is 0 Å². The van der Waals surface area contributed by atoms with Crippen molar-refractivity contribution in [2.45, 2.75) is 26.0 Å². The van der Waals surface area contributed by atoms with Crippen molar-refractivity contribution < 1.29 is 14.3 Å². The van der Waals surface area contributed by atoms with Crippen LogP contribution < -0.4 is 5.32 Å². The number of rotatable bonds is 5. The first kappa shape index (κ1) is 12.9. The Hall–Kier alpha value is -1.59. The maximum Gasteiger partial charge on any atom is 0.220 e. The van der Waals surface area contributed by atoms with E-state index < -0.39 is 6.10 Å². The summed E-state index contributed by atoms with van der Waals surface area (Å²) in [4.78, 5) is 13.0. The standard InChI is InChI=1S/C13H15NO3S/c1-2-12(15)14-8-9-5-6-11(18-9)13(16)10-4-3-7-17-10/h3-7,13,16H,2,8H2,1H3,(H,14,15). The first-order valence-corrected chi connectivity index (χ1v) is 6.59. The quantitative estimate of drug-likeness (QED) is 0.873. The van der Waals surface area contributed by atoms with Crippen molar-refractivity contribution >= 4 is 17.2 Å². The molecular formula is C13H15NO3S. The number of thiophene rings is 1. The molecule has 5 heteroatoms. The normalized spacial score (nSPS) is 12.3. The maximum absolute atomic E-state index is 11.1. The van der Waals surface area contributed by atoms with Crippen molar-refractivity contribution in [2.75, 3.05) is 0 Å². The van der Waals surface area contributed by atoms with Crippen LogP contribution in [0.4, 0.5) is 0 Å². The molecule has 2 N–H and O–H groups in total. The molecule has 2 heterocycles. The molecule has 1 amide bonds. The van der Waals surface area contributed by atoms with Crippen LogP contribution in [0.1, 0.15) is 35.0 Å². The summed E-state index contributed by atoms with van der Waals surface area (Å²) in [5.74, 6) is 0.553. The highest BCUT2D eigenvalue weighted by atomic mass is 32.1. The van der Waals surface area contributed by atoms with Gasteiger partial charge in [0.2, 0.25) is 5.91 Å². The average Bonchev–Trinajstić information content (AvgIpc) is 3.05. The molecule has 0 bridgehead atoms. The fourth-order valence-electron chi connectivity index (χ4n) is 1.53. The van der Waals surface area contributed by atoms with Crippen LogP contribution in [0.5, 0.6) is 0 Å². The van der Waals surface area contributed by atoms with Crippen molar-refractivity contribution in [3.63, 3.8) is 0 Å². The van der Waals surface area contributed by atoms with Gasteiger partial charge in [-0.3, -0.25) is 4.79 Å². The molecule has 0 aliphatic heterocycles. The van der Waals surface area contributed by atoms with Gasteiger partial charge in [0.1, 0.15) is 11.9 Å². The number of hydrogen-bond acceptors (Lipinski definition) is 4. The van der Waals surface area contributed by atoms with Gasteiger partial charge in [-0.15, -0.1) is 11.3 Å². The molecule has 0 aliphatic carbocycles. The summed E-state index contributed by atoms with van der Waals surface area (Å²) in [6.07, 6.45) is 1.28. The molecule has 0 spiro atoms. The number of hydrogen-bond donors (Lipinski definition) is 2. The number of aliphatic hydroxyl groups excluding tert-OH is 1. The molecule has 2 aromatic heterocycles. The molecule has 2 aromatic rings. The molecule has 0 saturated carbocycles. The molecule has 0 saturated heterocycles. The van der Waals surface area contributed by atoms with Gasteiger partial charge in [0.05, 0.1) is 12.8 Å². The lowest BCUT2D eigenvalue weighted by molar-refractivity contribution is -0.120. The van der Waals surface area contributed by atoms with Crippen molar-refractivity contribution in [1.82, 2.24) is 5.32 Å². The smallest absolute Gasteiger partial charge is 0.220 e. The maximum atomic E-state index is 11.1. The van der Waals surface area contributed by atoms with Crippen LogP contribution in [-0.4, -0.2) is 11.0 Å². The Balaban J connectivity index is 1.99. The number of carbonyl (C=O) groups is 1. The van der Waals surface area contributed by atoms with Gasteiger partial charge in [-0.25, -0.2) is 0 Å². The predicted octanol–water partition coefficient (Wildman–Crippen LogP) is 2.45. The Bertz CT molecular complexity index is 504. The summed E-state index contributed by atoms with van der Waals surface area (Å²) in [5.41, 5.74) is 0. The highest BCUT2D eigenvalue weighted by Crippen LogP contribution is 2.28. The lowest BCUT2D eigenvalue weighted by atomic mass is 10.2. The van der Waals surface area contributed by atoms with E-state index in [-0.39, 0.29) is 5.91 Å². The van der Waals surface area contributed by atoms with Crippen LogP contribution >= 0.6 is 11.3 Å². The van der Waals surface area contributed by atoms with Gasteiger partial charge < -0.3 is 14.8 Å². The van der Waals surface area contributed by atoms with E-state index in [4.69, 9.17) is 4.42 Å². The molecule has 4 nitrogen and oxygen atoms in total. The van der Waals surface area contributed by atoms with Crippen molar-refractivity contribution in [1.29, 1.82) is 0 Å². The fraction of sp³-hybridized carbons (Fsp3) is 0.308. The van der Waals surface area contributed by atoms with E-state index in [0.29, 0.717) is 18.7 Å². The molecule has 0 fully saturated rings. The minimum absolute atomic E-state index is 0.0246. The van der Waals surface area contributed by atoms with Crippen LogP contribution in [-0.2, 0) is 11.3 Å². The zero-order chi connectivity index (χ0) is 13.0. The molecule has 0 radical (unpaired) electrons. The average molecular weight is 265 g/mol. The fourth-order valence-corrected chi connectivity index (χ4v) is 2.48. The van der Waals surface area contributed by atoms with E-state index in [1.54, 1.807) is 12.1 Å². The van der Waals surface area contributed by atoms with Crippen LogP contribution in [0.3, 0.4) is 0 Å². The lowest BCUT2D eigenvalue weighted by Crippen LogP contribution is -2.20. The molecule has 1 atom stereocenters. The molecule has 96 valence electrons. The van der Waals surface area contributed by atoms with Crippen molar-refractivity contribution in [2.24, 2.45) is 0 Å². The van der Waals surface area contributed by atoms with Crippen LogP contribution in [0.25, 0.3) is 0 Å². The van der Waals surface area contributed by atoms with Gasteiger partial charge in [-0.05, 0) is 24.3 Å². The number of nitrogens with one attached hydrogen (secondary N) is 1. The van der Waals surface area contributed by atoms with Gasteiger partial charge in [-0.2, -0.15) is 0 Å². The lowest BCUT2D eigenvalue weighted by Gasteiger charge is -2.04. The first-order chi connectivity index (χ1) is 8.70. The minimum atomic E-state index is -0.736. The van der Waals surface area contributed by atoms with E-state index >= 15 is 0 Å². The summed E-state index contributed by atoms with van der Waals surface area (Å²) < 4.78 is 5.16. The number of amides is 1. The number of furan rings is 1. The summed E-state index contributed by atoms with van der Waals surface area (Å²) >= 11 is 1.47. The van der Waals surface area contributed by atoms with E-state index in [0.717, 1.165) is 9.75 Å². The van der Waals surface area contributed by atoms with E-state index in [1.165, 1.54) is 17.6 Å². The first-order valence-electron chi connectivity index (χ1n) is 5.77. The number of aliphatic hydroxyl groups is 1. The molecular weight excluding hydrogens is 250 g/mol. The van der Waals surface area contributed by atoms with Gasteiger partial charge in [-0.1, -0.05) is 6.92 Å². The Morgan fingerprint density at radius 2 is 2.33 bits per heavy atom. The summed E-state index contributed by atoms with van der Waals surface area (Å²) in [5, 5.41) is 12.8. The van der Waals surface area contributed by atoms with E-state index in [9.17, 15) is 9.90 Å². The molecule has 18 heavy (non-hydrogen) atoms. The molecule has 2 rings (SSSR count). The van der Waals surface area contributed by atoms with Gasteiger partial charge in [0.25, 0.3) is 0 Å². The van der Waals surface area contributed by atoms with E-state index in [2.05, 4.69) is 5.32 Å². The summed E-state index contributed by atoms with van der Waals surface area (Å²) in [7, 11) is 0. The second-order valence-corrected chi connectivity index (χ2v) is 5.05. The SMILES string of the molecule is CCC(=O)NCc1ccc(C(O)c2ccco2)s1. The Morgan fingerprint density at radius 1 is 1.50 bits per heavy atom. The molecule has 1 unspecified atom stereocenters. The second kappa shape index (κ2) is 5.84. The third kappa shape index (κ3) is 3.00. The van der Waals surface area contributed by atoms with E-state index in [1.807, 2.05) is 19.1 Å². The molecule has 0 aromatic carbocycles. The highest BCUT2D eigenvalue weighted by molar-refractivity contribution is 7.12. The largest absolute Gasteiger partial charge is 0.466 e. The summed E-state index contributed by atoms with van der Waals surface area (Å²) in [6.45, 7) is 2.32. The van der Waals surface area contributed by atoms with Crippen molar-refractivity contribution in [3.8, 4) is 0 Å². The number of carbonyl (C=O) groups excluding carboxylic acids is 1. The monoisotopic (exact) mass is 265 g/mol. The van der Waals surface area contributed by atoms with Crippen LogP contribution in [0, 0.1) is 0 Å². The van der Waals surface area contributed by atoms with Gasteiger partial charge in [0, 0.05) is 16.2 Å². The third-order valence-electron chi connectivity index (χ3n) is 2.55. The minimum Gasteiger partial charge on any atom is -0.466 e. The zero-order valence-electron chi connectivity index (χ0n) is 10.1. The van der Waals surface area contributed by atoms with Crippen molar-refractivity contribution in [3.05, 3.63) is 46.0 Å². The Kier molecular flexibility index (Phi) is 4.17. The van der Waals surface area contributed by atoms with Crippen LogP contribution in [0.15, 0.2) is 34.9 Å². The third-order valence-corrected chi connectivity index (χ3v) is 3.68. The second-order valence-electron chi connectivity index (χ2n) is 3.85. The topological polar surface area (TPSA) is 62.5 Å². The predicted molar refractivity (Wildman–Crippen MR) is 69.2 cm³/mol. The highest BCUT2D eigenvalue weighted by Gasteiger charge is 2.15. The zero-order valence-corrected chi connectivity index (χ0v) is 10.9. The van der Waals surface area contributed by atoms with Gasteiger partial charge in [0.15, 0.2) is 0 Å². The Morgan fingerprint density at radius 3 is 3.00 bits per heavy atom. The Labute approximate surface area is 109 Å². The van der Waals surface area contributed by atoms with Gasteiger partial charge >= 0.3 is 0 Å². The summed E-state index contributed by atoms with van der Waals surface area (Å²) in [6, 6.07) is 7.24.